The van der Waals surface area contributed by atoms with E-state index in [-0.39, 0.29) is 18.2 Å². The molecule has 28 heavy (non-hydrogen) atoms. The van der Waals surface area contributed by atoms with Gasteiger partial charge in [-0.2, -0.15) is 0 Å². The third-order valence-electron chi connectivity index (χ3n) is 5.21. The van der Waals surface area contributed by atoms with E-state index in [0.29, 0.717) is 16.3 Å². The molecule has 5 heteroatoms. The van der Waals surface area contributed by atoms with Crippen molar-refractivity contribution in [2.45, 2.75) is 45.4 Å². The summed E-state index contributed by atoms with van der Waals surface area (Å²) in [6.45, 7) is 3.54. The van der Waals surface area contributed by atoms with E-state index in [1.165, 1.54) is 19.3 Å². The average molecular weight is 399 g/mol. The lowest BCUT2D eigenvalue weighted by molar-refractivity contribution is -0.115. The Morgan fingerprint density at radius 3 is 2.39 bits per heavy atom. The second kappa shape index (κ2) is 9.74. The minimum atomic E-state index is -0.146. The number of nitrogens with one attached hydrogen (secondary N) is 1. The SMILES string of the molecule is Cc1ccc(C(=O)N2CCCCCCC2)cc1NC(=O)Cc1ccccc1Cl. The molecule has 1 aliphatic heterocycles. The summed E-state index contributed by atoms with van der Waals surface area (Å²) >= 11 is 6.15. The van der Waals surface area contributed by atoms with E-state index in [1.807, 2.05) is 42.2 Å². The zero-order valence-electron chi connectivity index (χ0n) is 16.3. The lowest BCUT2D eigenvalue weighted by Gasteiger charge is -2.25. The molecule has 1 aliphatic rings. The predicted molar refractivity (Wildman–Crippen MR) is 114 cm³/mol. The molecule has 0 radical (unpaired) electrons. The second-order valence-electron chi connectivity index (χ2n) is 7.41. The number of hydrogen-bond donors (Lipinski definition) is 1. The van der Waals surface area contributed by atoms with Crippen molar-refractivity contribution >= 4 is 29.1 Å². The van der Waals surface area contributed by atoms with E-state index >= 15 is 0 Å². The fraction of sp³-hybridized carbons (Fsp3) is 0.391. The zero-order chi connectivity index (χ0) is 19.9. The van der Waals surface area contributed by atoms with Crippen LogP contribution >= 0.6 is 11.6 Å². The van der Waals surface area contributed by atoms with Crippen LogP contribution in [0, 0.1) is 6.92 Å². The van der Waals surface area contributed by atoms with E-state index in [1.54, 1.807) is 12.1 Å². The normalized spacial score (nSPS) is 14.9. The molecule has 0 aromatic heterocycles. The summed E-state index contributed by atoms with van der Waals surface area (Å²) in [6, 6.07) is 12.9. The highest BCUT2D eigenvalue weighted by molar-refractivity contribution is 6.31. The molecule has 1 saturated heterocycles. The Labute approximate surface area is 171 Å². The van der Waals surface area contributed by atoms with Crippen molar-refractivity contribution < 1.29 is 9.59 Å². The smallest absolute Gasteiger partial charge is 0.253 e. The van der Waals surface area contributed by atoms with Crippen molar-refractivity contribution in [3.05, 3.63) is 64.2 Å². The molecule has 148 valence electrons. The lowest BCUT2D eigenvalue weighted by atomic mass is 10.1. The van der Waals surface area contributed by atoms with Crippen LogP contribution in [-0.4, -0.2) is 29.8 Å². The van der Waals surface area contributed by atoms with Crippen LogP contribution in [0.25, 0.3) is 0 Å². The highest BCUT2D eigenvalue weighted by Crippen LogP contribution is 2.21. The number of anilines is 1. The topological polar surface area (TPSA) is 49.4 Å². The van der Waals surface area contributed by atoms with Gasteiger partial charge in [-0.05, 0) is 49.1 Å². The quantitative estimate of drug-likeness (QED) is 0.765. The number of likely N-dealkylation sites (tertiary alicyclic amines) is 1. The Bertz CT molecular complexity index is 842. The minimum absolute atomic E-state index is 0.0449. The van der Waals surface area contributed by atoms with Crippen LogP contribution in [0.5, 0.6) is 0 Å². The second-order valence-corrected chi connectivity index (χ2v) is 7.81. The molecule has 4 nitrogen and oxygen atoms in total. The van der Waals surface area contributed by atoms with E-state index in [2.05, 4.69) is 5.32 Å². The number of carbonyl (C=O) groups is 2. The van der Waals surface area contributed by atoms with Crippen LogP contribution in [0.15, 0.2) is 42.5 Å². The summed E-state index contributed by atoms with van der Waals surface area (Å²) in [5, 5.41) is 3.52. The average Bonchev–Trinajstić information content (AvgIpc) is 2.65. The van der Waals surface area contributed by atoms with Gasteiger partial charge >= 0.3 is 0 Å². The van der Waals surface area contributed by atoms with Crippen LogP contribution < -0.4 is 5.32 Å². The Morgan fingerprint density at radius 2 is 1.68 bits per heavy atom. The number of benzene rings is 2. The maximum Gasteiger partial charge on any atom is 0.253 e. The Kier molecular flexibility index (Phi) is 7.10. The zero-order valence-corrected chi connectivity index (χ0v) is 17.1. The molecule has 1 heterocycles. The highest BCUT2D eigenvalue weighted by atomic mass is 35.5. The molecular formula is C23H27ClN2O2. The van der Waals surface area contributed by atoms with Gasteiger partial charge < -0.3 is 10.2 Å². The first-order valence-electron chi connectivity index (χ1n) is 9.98. The van der Waals surface area contributed by atoms with Crippen LogP contribution in [0.1, 0.15) is 53.6 Å². The van der Waals surface area contributed by atoms with Gasteiger partial charge in [0.05, 0.1) is 6.42 Å². The van der Waals surface area contributed by atoms with Crippen molar-refractivity contribution in [3.8, 4) is 0 Å². The molecule has 1 N–H and O–H groups in total. The van der Waals surface area contributed by atoms with Crippen molar-refractivity contribution in [1.82, 2.24) is 4.90 Å². The monoisotopic (exact) mass is 398 g/mol. The van der Waals surface area contributed by atoms with Gasteiger partial charge in [0.25, 0.3) is 5.91 Å². The van der Waals surface area contributed by atoms with Crippen LogP contribution in [0.4, 0.5) is 5.69 Å². The molecular weight excluding hydrogens is 372 g/mol. The van der Waals surface area contributed by atoms with Crippen LogP contribution in [-0.2, 0) is 11.2 Å². The lowest BCUT2D eigenvalue weighted by Crippen LogP contribution is -2.33. The highest BCUT2D eigenvalue weighted by Gasteiger charge is 2.18. The molecule has 2 aromatic rings. The molecule has 0 saturated carbocycles. The third-order valence-corrected chi connectivity index (χ3v) is 5.58. The maximum absolute atomic E-state index is 12.9. The van der Waals surface area contributed by atoms with Gasteiger partial charge in [0, 0.05) is 29.4 Å². The molecule has 0 bridgehead atoms. The van der Waals surface area contributed by atoms with Gasteiger partial charge in [-0.25, -0.2) is 0 Å². The van der Waals surface area contributed by atoms with Crippen molar-refractivity contribution in [2.24, 2.45) is 0 Å². The first-order chi connectivity index (χ1) is 13.5. The Hall–Kier alpha value is -2.33. The number of hydrogen-bond acceptors (Lipinski definition) is 2. The largest absolute Gasteiger partial charge is 0.339 e. The molecule has 0 unspecified atom stereocenters. The van der Waals surface area contributed by atoms with Gasteiger partial charge in [-0.3, -0.25) is 9.59 Å². The first kappa shape index (κ1) is 20.4. The van der Waals surface area contributed by atoms with E-state index < -0.39 is 0 Å². The molecule has 3 rings (SSSR count). The van der Waals surface area contributed by atoms with Crippen molar-refractivity contribution in [2.75, 3.05) is 18.4 Å². The summed E-state index contributed by atoms with van der Waals surface area (Å²) in [7, 11) is 0. The molecule has 0 spiro atoms. The number of halogens is 1. The summed E-state index contributed by atoms with van der Waals surface area (Å²) in [5.74, 6) is -0.101. The summed E-state index contributed by atoms with van der Waals surface area (Å²) in [6.07, 6.45) is 5.93. The number of amides is 2. The first-order valence-corrected chi connectivity index (χ1v) is 10.4. The fourth-order valence-corrected chi connectivity index (χ4v) is 3.73. The summed E-state index contributed by atoms with van der Waals surface area (Å²) in [5.41, 5.74) is 3.01. The number of rotatable bonds is 4. The summed E-state index contributed by atoms with van der Waals surface area (Å²) in [4.78, 5) is 27.4. The Balaban J connectivity index is 1.71. The summed E-state index contributed by atoms with van der Waals surface area (Å²) < 4.78 is 0. The van der Waals surface area contributed by atoms with Gasteiger partial charge in [-0.15, -0.1) is 0 Å². The Morgan fingerprint density at radius 1 is 1.00 bits per heavy atom. The van der Waals surface area contributed by atoms with Gasteiger partial charge in [-0.1, -0.05) is 55.1 Å². The maximum atomic E-state index is 12.9. The van der Waals surface area contributed by atoms with Gasteiger partial charge in [0.1, 0.15) is 0 Å². The molecule has 0 aliphatic carbocycles. The third kappa shape index (κ3) is 5.35. The molecule has 1 fully saturated rings. The van der Waals surface area contributed by atoms with E-state index in [0.717, 1.165) is 37.1 Å². The van der Waals surface area contributed by atoms with Crippen molar-refractivity contribution in [3.63, 3.8) is 0 Å². The minimum Gasteiger partial charge on any atom is -0.339 e. The standard InChI is InChI=1S/C23H27ClN2O2/c1-17-11-12-19(23(28)26-13-7-3-2-4-8-14-26)15-21(17)25-22(27)16-18-9-5-6-10-20(18)24/h5-6,9-12,15H,2-4,7-8,13-14,16H2,1H3,(H,25,27). The number of carbonyl (C=O) groups excluding carboxylic acids is 2. The van der Waals surface area contributed by atoms with Crippen LogP contribution in [0.2, 0.25) is 5.02 Å². The van der Waals surface area contributed by atoms with Crippen molar-refractivity contribution in [1.29, 1.82) is 0 Å². The molecule has 2 amide bonds. The predicted octanol–water partition coefficient (Wildman–Crippen LogP) is 5.24. The van der Waals surface area contributed by atoms with Crippen LogP contribution in [0.3, 0.4) is 0 Å². The molecule has 0 atom stereocenters. The van der Waals surface area contributed by atoms with Gasteiger partial charge in [0.2, 0.25) is 5.91 Å². The van der Waals surface area contributed by atoms with E-state index in [4.69, 9.17) is 11.6 Å². The van der Waals surface area contributed by atoms with E-state index in [9.17, 15) is 9.59 Å². The number of aryl methyl sites for hydroxylation is 1. The molecule has 2 aromatic carbocycles. The number of nitrogens with zero attached hydrogens (tertiary/aromatic N) is 1. The van der Waals surface area contributed by atoms with Gasteiger partial charge in [0.15, 0.2) is 0 Å². The fourth-order valence-electron chi connectivity index (χ4n) is 3.53.